The number of carbonyl (C=O) groups excluding carboxylic acids is 1. The highest BCUT2D eigenvalue weighted by Crippen LogP contribution is 2.23. The monoisotopic (exact) mass is 309 g/mol. The van der Waals surface area contributed by atoms with Gasteiger partial charge in [0.2, 0.25) is 0 Å². The van der Waals surface area contributed by atoms with Gasteiger partial charge in [0.15, 0.2) is 0 Å². The van der Waals surface area contributed by atoms with Crippen molar-refractivity contribution in [2.45, 2.75) is 26.3 Å². The average Bonchev–Trinajstić information content (AvgIpc) is 2.61. The van der Waals surface area contributed by atoms with E-state index in [1.807, 2.05) is 0 Å². The number of carbonyl (C=O) groups is 1. The fourth-order valence-electron chi connectivity index (χ4n) is 3.03. The third kappa shape index (κ3) is 4.09. The van der Waals surface area contributed by atoms with Crippen LogP contribution in [0.2, 0.25) is 0 Å². The van der Waals surface area contributed by atoms with Gasteiger partial charge in [-0.1, -0.05) is 19.1 Å². The molecule has 4 heteroatoms. The molecule has 2 aromatic rings. The summed E-state index contributed by atoms with van der Waals surface area (Å²) < 4.78 is 0. The maximum absolute atomic E-state index is 12.0. The van der Waals surface area contributed by atoms with Gasteiger partial charge in [0.05, 0.1) is 5.56 Å². The Morgan fingerprint density at radius 3 is 2.83 bits per heavy atom. The zero-order chi connectivity index (χ0) is 16.1. The van der Waals surface area contributed by atoms with Gasteiger partial charge in [0.1, 0.15) is 0 Å². The Kier molecular flexibility index (Phi) is 4.91. The largest absolute Gasteiger partial charge is 0.371 e. The summed E-state index contributed by atoms with van der Waals surface area (Å²) in [5, 5.41) is 2.93. The molecular formula is C19H23N3O. The molecule has 1 aromatic heterocycles. The minimum Gasteiger partial charge on any atom is -0.371 e. The van der Waals surface area contributed by atoms with Gasteiger partial charge in [-0.2, -0.15) is 0 Å². The number of anilines is 1. The number of piperidine rings is 1. The van der Waals surface area contributed by atoms with E-state index >= 15 is 0 Å². The second-order valence-corrected chi connectivity index (χ2v) is 6.28. The Hall–Kier alpha value is -2.36. The standard InChI is InChI=1S/C19H23N3O/c1-15-4-3-11-22(14-15)18-8-6-16(7-9-18)12-21-19(23)17-5-2-10-20-13-17/h2,5-10,13,15H,3-4,11-12,14H2,1H3,(H,21,23)/t15-/m0/s1. The number of aromatic nitrogens is 1. The minimum absolute atomic E-state index is 0.0907. The number of hydrogen-bond donors (Lipinski definition) is 1. The van der Waals surface area contributed by atoms with Crippen molar-refractivity contribution < 1.29 is 4.79 Å². The van der Waals surface area contributed by atoms with Gasteiger partial charge in [-0.05, 0) is 48.6 Å². The van der Waals surface area contributed by atoms with E-state index in [4.69, 9.17) is 0 Å². The first-order valence-corrected chi connectivity index (χ1v) is 8.24. The van der Waals surface area contributed by atoms with Crippen molar-refractivity contribution in [3.05, 3.63) is 59.9 Å². The summed E-state index contributed by atoms with van der Waals surface area (Å²) in [7, 11) is 0. The van der Waals surface area contributed by atoms with E-state index in [9.17, 15) is 4.79 Å². The van der Waals surface area contributed by atoms with E-state index in [2.05, 4.69) is 46.4 Å². The van der Waals surface area contributed by atoms with E-state index in [1.165, 1.54) is 18.5 Å². The van der Waals surface area contributed by atoms with Gasteiger partial charge >= 0.3 is 0 Å². The van der Waals surface area contributed by atoms with Crippen LogP contribution in [0.4, 0.5) is 5.69 Å². The van der Waals surface area contributed by atoms with E-state index in [1.54, 1.807) is 24.5 Å². The Morgan fingerprint density at radius 2 is 2.13 bits per heavy atom. The third-order valence-electron chi connectivity index (χ3n) is 4.34. The second-order valence-electron chi connectivity index (χ2n) is 6.28. The van der Waals surface area contributed by atoms with Crippen molar-refractivity contribution in [3.63, 3.8) is 0 Å². The summed E-state index contributed by atoms with van der Waals surface area (Å²) in [6.45, 7) is 5.12. The number of hydrogen-bond acceptors (Lipinski definition) is 3. The summed E-state index contributed by atoms with van der Waals surface area (Å²) in [5.41, 5.74) is 2.97. The van der Waals surface area contributed by atoms with Crippen LogP contribution in [0.15, 0.2) is 48.8 Å². The van der Waals surface area contributed by atoms with Crippen LogP contribution >= 0.6 is 0 Å². The molecular weight excluding hydrogens is 286 g/mol. The van der Waals surface area contributed by atoms with Crippen molar-refractivity contribution in [2.24, 2.45) is 5.92 Å². The van der Waals surface area contributed by atoms with Crippen LogP contribution in [-0.4, -0.2) is 24.0 Å². The van der Waals surface area contributed by atoms with Crippen LogP contribution in [0, 0.1) is 5.92 Å². The summed E-state index contributed by atoms with van der Waals surface area (Å²) in [5.74, 6) is 0.675. The lowest BCUT2D eigenvalue weighted by Gasteiger charge is -2.32. The highest BCUT2D eigenvalue weighted by Gasteiger charge is 2.16. The molecule has 1 fully saturated rings. The smallest absolute Gasteiger partial charge is 0.253 e. The molecule has 4 nitrogen and oxygen atoms in total. The van der Waals surface area contributed by atoms with Gasteiger partial charge < -0.3 is 10.2 Å². The third-order valence-corrected chi connectivity index (χ3v) is 4.34. The molecule has 1 amide bonds. The number of nitrogens with one attached hydrogen (secondary N) is 1. The first-order chi connectivity index (χ1) is 11.2. The van der Waals surface area contributed by atoms with Gasteiger partial charge in [0.25, 0.3) is 5.91 Å². The van der Waals surface area contributed by atoms with Crippen LogP contribution < -0.4 is 10.2 Å². The fourth-order valence-corrected chi connectivity index (χ4v) is 3.03. The number of rotatable bonds is 4. The Bertz CT molecular complexity index is 639. The Balaban J connectivity index is 1.56. The van der Waals surface area contributed by atoms with E-state index in [0.29, 0.717) is 12.1 Å². The van der Waals surface area contributed by atoms with Gasteiger partial charge in [-0.15, -0.1) is 0 Å². The molecule has 1 atom stereocenters. The van der Waals surface area contributed by atoms with E-state index in [-0.39, 0.29) is 5.91 Å². The van der Waals surface area contributed by atoms with Crippen LogP contribution in [0.25, 0.3) is 0 Å². The molecule has 23 heavy (non-hydrogen) atoms. The molecule has 3 rings (SSSR count). The van der Waals surface area contributed by atoms with Crippen molar-refractivity contribution in [1.82, 2.24) is 10.3 Å². The molecule has 120 valence electrons. The zero-order valence-electron chi connectivity index (χ0n) is 13.5. The summed E-state index contributed by atoms with van der Waals surface area (Å²) in [4.78, 5) is 18.4. The topological polar surface area (TPSA) is 45.2 Å². The van der Waals surface area contributed by atoms with Crippen LogP contribution in [0.1, 0.15) is 35.7 Å². The molecule has 1 aliphatic heterocycles. The lowest BCUT2D eigenvalue weighted by molar-refractivity contribution is 0.0950. The number of nitrogens with zero attached hydrogens (tertiary/aromatic N) is 2. The summed E-state index contributed by atoms with van der Waals surface area (Å²) >= 11 is 0. The number of pyridine rings is 1. The highest BCUT2D eigenvalue weighted by atomic mass is 16.1. The molecule has 1 aliphatic rings. The Labute approximate surface area is 137 Å². The van der Waals surface area contributed by atoms with Gasteiger partial charge in [-0.25, -0.2) is 0 Å². The van der Waals surface area contributed by atoms with Crippen molar-refractivity contribution in [2.75, 3.05) is 18.0 Å². The van der Waals surface area contributed by atoms with Crippen molar-refractivity contribution in [3.8, 4) is 0 Å². The zero-order valence-corrected chi connectivity index (χ0v) is 13.5. The van der Waals surface area contributed by atoms with Gasteiger partial charge in [-0.3, -0.25) is 9.78 Å². The second kappa shape index (κ2) is 7.27. The molecule has 0 saturated carbocycles. The average molecular weight is 309 g/mol. The predicted molar refractivity (Wildman–Crippen MR) is 92.5 cm³/mol. The molecule has 2 heterocycles. The lowest BCUT2D eigenvalue weighted by Crippen LogP contribution is -2.34. The SMILES string of the molecule is C[C@H]1CCCN(c2ccc(CNC(=O)c3cccnc3)cc2)C1. The van der Waals surface area contributed by atoms with Gasteiger partial charge in [0, 0.05) is 37.7 Å². The maximum Gasteiger partial charge on any atom is 0.253 e. The summed E-state index contributed by atoms with van der Waals surface area (Å²) in [6, 6.07) is 12.0. The van der Waals surface area contributed by atoms with Crippen LogP contribution in [-0.2, 0) is 6.54 Å². The predicted octanol–water partition coefficient (Wildman–Crippen LogP) is 3.25. The number of amides is 1. The van der Waals surface area contributed by atoms with Crippen LogP contribution in [0.5, 0.6) is 0 Å². The summed E-state index contributed by atoms with van der Waals surface area (Å²) in [6.07, 6.45) is 5.84. The molecule has 0 spiro atoms. The normalized spacial score (nSPS) is 17.8. The molecule has 0 bridgehead atoms. The minimum atomic E-state index is -0.0907. The first kappa shape index (κ1) is 15.5. The quantitative estimate of drug-likeness (QED) is 0.943. The van der Waals surface area contributed by atoms with Crippen LogP contribution in [0.3, 0.4) is 0 Å². The van der Waals surface area contributed by atoms with Crippen molar-refractivity contribution >= 4 is 11.6 Å². The fraction of sp³-hybridized carbons (Fsp3) is 0.368. The van der Waals surface area contributed by atoms with Crippen molar-refractivity contribution in [1.29, 1.82) is 0 Å². The molecule has 1 N–H and O–H groups in total. The molecule has 0 radical (unpaired) electrons. The Morgan fingerprint density at radius 1 is 1.30 bits per heavy atom. The van der Waals surface area contributed by atoms with E-state index in [0.717, 1.165) is 24.6 Å². The highest BCUT2D eigenvalue weighted by molar-refractivity contribution is 5.93. The first-order valence-electron chi connectivity index (χ1n) is 8.24. The lowest BCUT2D eigenvalue weighted by atomic mass is 9.99. The molecule has 1 aromatic carbocycles. The number of benzene rings is 1. The molecule has 1 saturated heterocycles. The molecule has 0 aliphatic carbocycles. The maximum atomic E-state index is 12.0. The van der Waals surface area contributed by atoms with E-state index < -0.39 is 0 Å². The molecule has 0 unspecified atom stereocenters.